The van der Waals surface area contributed by atoms with E-state index in [0.717, 1.165) is 0 Å². The summed E-state index contributed by atoms with van der Waals surface area (Å²) in [7, 11) is 0. The minimum Gasteiger partial charge on any atom is -0.466 e. The Morgan fingerprint density at radius 3 is 2.74 bits per heavy atom. The first-order valence-electron chi connectivity index (χ1n) is 7.99. The van der Waals surface area contributed by atoms with Gasteiger partial charge >= 0.3 is 5.97 Å². The molecule has 1 saturated heterocycles. The Bertz CT molecular complexity index is 615. The zero-order valence-corrected chi connectivity index (χ0v) is 14.2. The van der Waals surface area contributed by atoms with E-state index >= 15 is 0 Å². The fourth-order valence-corrected chi connectivity index (χ4v) is 3.32. The molecule has 1 atom stereocenters. The van der Waals surface area contributed by atoms with Gasteiger partial charge in [0, 0.05) is 18.7 Å². The molecule has 1 fully saturated rings. The summed E-state index contributed by atoms with van der Waals surface area (Å²) >= 11 is 0. The highest BCUT2D eigenvalue weighted by molar-refractivity contribution is 5.80. The first-order chi connectivity index (χ1) is 10.8. The van der Waals surface area contributed by atoms with Crippen LogP contribution in [0.4, 0.5) is 11.4 Å². The number of esters is 1. The van der Waals surface area contributed by atoms with Crippen molar-refractivity contribution in [3.63, 3.8) is 0 Å². The number of hydrogen-bond acceptors (Lipinski definition) is 5. The highest BCUT2D eigenvalue weighted by Crippen LogP contribution is 2.43. The predicted molar refractivity (Wildman–Crippen MR) is 88.6 cm³/mol. The van der Waals surface area contributed by atoms with E-state index in [1.165, 1.54) is 0 Å². The van der Waals surface area contributed by atoms with Gasteiger partial charge in [-0.25, -0.2) is 0 Å². The molecule has 0 bridgehead atoms. The molecule has 1 aromatic carbocycles. The van der Waals surface area contributed by atoms with Gasteiger partial charge in [-0.15, -0.1) is 0 Å². The number of benzene rings is 1. The Labute approximate surface area is 136 Å². The van der Waals surface area contributed by atoms with Crippen LogP contribution in [0.1, 0.15) is 32.8 Å². The molecule has 0 spiro atoms. The highest BCUT2D eigenvalue weighted by Gasteiger charge is 2.49. The molecule has 23 heavy (non-hydrogen) atoms. The second kappa shape index (κ2) is 6.56. The average molecular weight is 320 g/mol. The van der Waals surface area contributed by atoms with Crippen LogP contribution in [0.5, 0.6) is 0 Å². The van der Waals surface area contributed by atoms with Crippen LogP contribution < -0.4 is 4.90 Å². The summed E-state index contributed by atoms with van der Waals surface area (Å²) in [6.45, 7) is 8.95. The molecule has 6 nitrogen and oxygen atoms in total. The third kappa shape index (κ3) is 3.02. The Balaban J connectivity index is 2.37. The summed E-state index contributed by atoms with van der Waals surface area (Å²) in [5.41, 5.74) is 0.733. The van der Waals surface area contributed by atoms with Crippen molar-refractivity contribution in [2.75, 3.05) is 24.6 Å². The molecule has 1 aliphatic rings. The molecule has 1 aromatic rings. The van der Waals surface area contributed by atoms with Crippen molar-refractivity contribution in [1.29, 1.82) is 0 Å². The van der Waals surface area contributed by atoms with E-state index < -0.39 is 5.41 Å². The second-order valence-corrected chi connectivity index (χ2v) is 6.40. The van der Waals surface area contributed by atoms with Crippen LogP contribution in [0.15, 0.2) is 18.2 Å². The summed E-state index contributed by atoms with van der Waals surface area (Å²) in [5.74, 6) is -0.0942. The summed E-state index contributed by atoms with van der Waals surface area (Å²) < 4.78 is 5.28. The number of hydrogen-bond donors (Lipinski definition) is 0. The van der Waals surface area contributed by atoms with Crippen LogP contribution in [0.25, 0.3) is 0 Å². The van der Waals surface area contributed by atoms with E-state index in [-0.39, 0.29) is 22.5 Å². The van der Waals surface area contributed by atoms with Gasteiger partial charge < -0.3 is 9.64 Å². The molecule has 0 radical (unpaired) electrons. The molecular formula is C17H24N2O4. The molecule has 0 saturated carbocycles. The van der Waals surface area contributed by atoms with E-state index in [9.17, 15) is 14.9 Å². The lowest BCUT2D eigenvalue weighted by atomic mass is 9.76. The van der Waals surface area contributed by atoms with E-state index in [4.69, 9.17) is 4.74 Å². The van der Waals surface area contributed by atoms with Gasteiger partial charge in [0.1, 0.15) is 5.69 Å². The number of ether oxygens (including phenoxy) is 1. The lowest BCUT2D eigenvalue weighted by Gasteiger charge is -2.31. The molecule has 1 unspecified atom stereocenters. The minimum absolute atomic E-state index is 0.107. The molecule has 1 aliphatic heterocycles. The fourth-order valence-electron chi connectivity index (χ4n) is 3.32. The van der Waals surface area contributed by atoms with Crippen molar-refractivity contribution >= 4 is 17.3 Å². The largest absolute Gasteiger partial charge is 0.466 e. The van der Waals surface area contributed by atoms with Crippen molar-refractivity contribution in [3.05, 3.63) is 33.9 Å². The third-order valence-corrected chi connectivity index (χ3v) is 4.83. The number of nitro groups is 1. The molecule has 0 aliphatic carbocycles. The molecular weight excluding hydrogens is 296 g/mol. The van der Waals surface area contributed by atoms with E-state index in [0.29, 0.717) is 37.4 Å². The SMILES string of the molecule is CCOC(=O)C1(C(C)C)CCN(c2cccc(C)c2[N+](=O)[O-])C1. The normalized spacial score (nSPS) is 20.8. The van der Waals surface area contributed by atoms with Crippen LogP contribution in [0, 0.1) is 28.4 Å². The smallest absolute Gasteiger partial charge is 0.314 e. The van der Waals surface area contributed by atoms with Gasteiger partial charge in [-0.3, -0.25) is 14.9 Å². The maximum absolute atomic E-state index is 12.5. The Morgan fingerprint density at radius 2 is 2.17 bits per heavy atom. The number of carbonyl (C=O) groups excluding carboxylic acids is 1. The second-order valence-electron chi connectivity index (χ2n) is 6.40. The molecule has 6 heteroatoms. The number of rotatable bonds is 5. The van der Waals surface area contributed by atoms with Crippen LogP contribution in [-0.2, 0) is 9.53 Å². The standard InChI is InChI=1S/C17H24N2O4/c1-5-23-16(20)17(12(2)3)9-10-18(11-17)14-8-6-7-13(4)15(14)19(21)22/h6-8,12H,5,9-11H2,1-4H3. The van der Waals surface area contributed by atoms with Crippen LogP contribution in [-0.4, -0.2) is 30.6 Å². The van der Waals surface area contributed by atoms with E-state index in [1.807, 2.05) is 24.8 Å². The molecule has 126 valence electrons. The number of nitro benzene ring substituents is 1. The third-order valence-electron chi connectivity index (χ3n) is 4.83. The van der Waals surface area contributed by atoms with Crippen LogP contribution in [0.3, 0.4) is 0 Å². The first-order valence-corrected chi connectivity index (χ1v) is 7.99. The lowest BCUT2D eigenvalue weighted by Crippen LogP contribution is -2.40. The topological polar surface area (TPSA) is 72.7 Å². The monoisotopic (exact) mass is 320 g/mol. The summed E-state index contributed by atoms with van der Waals surface area (Å²) in [4.78, 5) is 25.5. The zero-order chi connectivity index (χ0) is 17.2. The van der Waals surface area contributed by atoms with Crippen molar-refractivity contribution in [3.8, 4) is 0 Å². The Kier molecular flexibility index (Phi) is 4.92. The lowest BCUT2D eigenvalue weighted by molar-refractivity contribution is -0.384. The average Bonchev–Trinajstić information content (AvgIpc) is 2.93. The summed E-state index contributed by atoms with van der Waals surface area (Å²) in [5, 5.41) is 11.4. The number of anilines is 1. The van der Waals surface area contributed by atoms with Crippen molar-refractivity contribution in [1.82, 2.24) is 0 Å². The van der Waals surface area contributed by atoms with Gasteiger partial charge in [-0.1, -0.05) is 26.0 Å². The predicted octanol–water partition coefficient (Wildman–Crippen LogP) is 3.32. The molecule has 0 N–H and O–H groups in total. The fraction of sp³-hybridized carbons (Fsp3) is 0.588. The number of aryl methyl sites for hydroxylation is 1. The number of para-hydroxylation sites is 1. The summed E-state index contributed by atoms with van der Waals surface area (Å²) in [6.07, 6.45) is 0.647. The van der Waals surface area contributed by atoms with Gasteiger partial charge in [0.25, 0.3) is 5.69 Å². The van der Waals surface area contributed by atoms with Crippen molar-refractivity contribution in [2.24, 2.45) is 11.3 Å². The van der Waals surface area contributed by atoms with Crippen molar-refractivity contribution < 1.29 is 14.5 Å². The maximum atomic E-state index is 12.5. The molecule has 0 aromatic heterocycles. The van der Waals surface area contributed by atoms with Crippen molar-refractivity contribution in [2.45, 2.75) is 34.1 Å². The highest BCUT2D eigenvalue weighted by atomic mass is 16.6. The maximum Gasteiger partial charge on any atom is 0.314 e. The molecule has 1 heterocycles. The zero-order valence-electron chi connectivity index (χ0n) is 14.2. The van der Waals surface area contributed by atoms with E-state index in [2.05, 4.69) is 0 Å². The quantitative estimate of drug-likeness (QED) is 0.473. The van der Waals surface area contributed by atoms with Gasteiger partial charge in [0.15, 0.2) is 0 Å². The van der Waals surface area contributed by atoms with Crippen LogP contribution >= 0.6 is 0 Å². The van der Waals surface area contributed by atoms with E-state index in [1.54, 1.807) is 26.0 Å². The van der Waals surface area contributed by atoms with Gasteiger partial charge in [-0.05, 0) is 32.3 Å². The van der Waals surface area contributed by atoms with Gasteiger partial charge in [0.05, 0.1) is 16.9 Å². The molecule has 0 amide bonds. The number of nitrogens with zero attached hydrogens (tertiary/aromatic N) is 2. The summed E-state index contributed by atoms with van der Waals surface area (Å²) in [6, 6.07) is 5.31. The Morgan fingerprint density at radius 1 is 1.48 bits per heavy atom. The Hall–Kier alpha value is -2.11. The number of carbonyl (C=O) groups is 1. The van der Waals surface area contributed by atoms with Crippen LogP contribution in [0.2, 0.25) is 0 Å². The van der Waals surface area contributed by atoms with Gasteiger partial charge in [-0.2, -0.15) is 0 Å². The van der Waals surface area contributed by atoms with Gasteiger partial charge in [0.2, 0.25) is 0 Å². The first kappa shape index (κ1) is 17.2. The minimum atomic E-state index is -0.604. The molecule has 2 rings (SSSR count).